The molecule has 1 heterocycles. The molecule has 6 nitrogen and oxygen atoms in total. The molecule has 0 aliphatic carbocycles. The summed E-state index contributed by atoms with van der Waals surface area (Å²) in [6.45, 7) is 2.26. The lowest BCUT2D eigenvalue weighted by atomic mass is 10.0. The van der Waals surface area contributed by atoms with E-state index in [4.69, 9.17) is 16.3 Å². The number of carbonyl (C=O) groups is 1. The smallest absolute Gasteiger partial charge is 0.264 e. The van der Waals surface area contributed by atoms with Crippen LogP contribution in [0.15, 0.2) is 83.8 Å². The van der Waals surface area contributed by atoms with Gasteiger partial charge in [0.15, 0.2) is 6.10 Å². The predicted molar refractivity (Wildman–Crippen MR) is 125 cm³/mol. The highest BCUT2D eigenvalue weighted by Gasteiger charge is 2.37. The van der Waals surface area contributed by atoms with Gasteiger partial charge in [0.25, 0.3) is 15.9 Å². The highest BCUT2D eigenvalue weighted by Crippen LogP contribution is 2.38. The second kappa shape index (κ2) is 9.22. The Morgan fingerprint density at radius 3 is 2.44 bits per heavy atom. The molecule has 166 valence electrons. The van der Waals surface area contributed by atoms with Gasteiger partial charge in [0.1, 0.15) is 5.75 Å². The molecule has 0 unspecified atom stereocenters. The number of amides is 1. The van der Waals surface area contributed by atoms with Crippen molar-refractivity contribution < 1.29 is 17.9 Å². The molecular weight excluding hydrogens is 448 g/mol. The molecular formula is C24H23ClN2O4S. The summed E-state index contributed by atoms with van der Waals surface area (Å²) in [5.74, 6) is 0.0112. The quantitative estimate of drug-likeness (QED) is 0.585. The van der Waals surface area contributed by atoms with Crippen molar-refractivity contribution >= 4 is 33.2 Å². The van der Waals surface area contributed by atoms with Crippen molar-refractivity contribution in [1.82, 2.24) is 5.32 Å². The van der Waals surface area contributed by atoms with Crippen LogP contribution in [0.2, 0.25) is 5.02 Å². The van der Waals surface area contributed by atoms with Crippen molar-refractivity contribution in [2.45, 2.75) is 23.8 Å². The van der Waals surface area contributed by atoms with Crippen LogP contribution in [0.5, 0.6) is 5.75 Å². The molecule has 0 bridgehead atoms. The largest absolute Gasteiger partial charge is 0.476 e. The van der Waals surface area contributed by atoms with E-state index in [-0.39, 0.29) is 29.0 Å². The van der Waals surface area contributed by atoms with Crippen LogP contribution in [0, 0.1) is 0 Å². The standard InChI is InChI=1S/C24H23ClN2O4S/c1-17(18-8-4-2-5-9-18)15-26-24(28)23-16-27(21-14-19(25)12-13-22(21)31-23)32(29,30)20-10-6-3-7-11-20/h2-14,17,23H,15-16H2,1H3,(H,26,28)/t17-,23+/m1/s1. The number of sulfonamides is 1. The first-order valence-electron chi connectivity index (χ1n) is 10.2. The highest BCUT2D eigenvalue weighted by molar-refractivity contribution is 7.92. The van der Waals surface area contributed by atoms with E-state index in [0.29, 0.717) is 17.3 Å². The monoisotopic (exact) mass is 470 g/mol. The molecule has 3 aromatic rings. The lowest BCUT2D eigenvalue weighted by Crippen LogP contribution is -2.51. The first kappa shape index (κ1) is 22.2. The molecule has 0 radical (unpaired) electrons. The molecule has 8 heteroatoms. The average molecular weight is 471 g/mol. The normalized spacial score (nSPS) is 16.6. The Hall–Kier alpha value is -3.03. The van der Waals surface area contributed by atoms with Gasteiger partial charge in [-0.2, -0.15) is 0 Å². The van der Waals surface area contributed by atoms with Gasteiger partial charge >= 0.3 is 0 Å². The molecule has 3 aromatic carbocycles. The van der Waals surface area contributed by atoms with Crippen molar-refractivity contribution in [3.05, 3.63) is 89.4 Å². The molecule has 0 aromatic heterocycles. The SMILES string of the molecule is C[C@H](CNC(=O)[C@@H]1CN(S(=O)(=O)c2ccccc2)c2cc(Cl)ccc2O1)c1ccccc1. The number of halogens is 1. The van der Waals surface area contributed by atoms with Crippen molar-refractivity contribution in [3.63, 3.8) is 0 Å². The Bertz CT molecular complexity index is 1200. The van der Waals surface area contributed by atoms with Gasteiger partial charge in [0.2, 0.25) is 0 Å². The number of anilines is 1. The fourth-order valence-corrected chi connectivity index (χ4v) is 5.23. The van der Waals surface area contributed by atoms with Gasteiger partial charge in [-0.3, -0.25) is 9.10 Å². The maximum absolute atomic E-state index is 13.4. The number of rotatable bonds is 6. The number of carbonyl (C=O) groups excluding carboxylic acids is 1. The molecule has 0 saturated heterocycles. The summed E-state index contributed by atoms with van der Waals surface area (Å²) in [6, 6.07) is 22.7. The minimum absolute atomic E-state index is 0.0963. The summed E-state index contributed by atoms with van der Waals surface area (Å²) in [5, 5.41) is 3.27. The van der Waals surface area contributed by atoms with Gasteiger partial charge in [0.05, 0.1) is 17.1 Å². The van der Waals surface area contributed by atoms with E-state index >= 15 is 0 Å². The van der Waals surface area contributed by atoms with Crippen LogP contribution in [0.1, 0.15) is 18.4 Å². The van der Waals surface area contributed by atoms with Crippen LogP contribution >= 0.6 is 11.6 Å². The maximum atomic E-state index is 13.4. The molecule has 2 atom stereocenters. The lowest BCUT2D eigenvalue weighted by molar-refractivity contribution is -0.127. The van der Waals surface area contributed by atoms with E-state index in [1.54, 1.807) is 30.3 Å². The Labute approximate surface area is 192 Å². The van der Waals surface area contributed by atoms with Crippen molar-refractivity contribution in [2.24, 2.45) is 0 Å². The van der Waals surface area contributed by atoms with E-state index in [1.165, 1.54) is 22.5 Å². The topological polar surface area (TPSA) is 75.7 Å². The van der Waals surface area contributed by atoms with Gasteiger partial charge in [-0.15, -0.1) is 0 Å². The fraction of sp³-hybridized carbons (Fsp3) is 0.208. The summed E-state index contributed by atoms with van der Waals surface area (Å²) in [7, 11) is -3.92. The van der Waals surface area contributed by atoms with Gasteiger partial charge in [-0.1, -0.05) is 67.1 Å². The number of benzene rings is 3. The third-order valence-electron chi connectivity index (χ3n) is 5.37. The first-order chi connectivity index (χ1) is 15.4. The Morgan fingerprint density at radius 2 is 1.75 bits per heavy atom. The molecule has 4 rings (SSSR count). The molecule has 1 aliphatic rings. The average Bonchev–Trinajstić information content (AvgIpc) is 2.82. The van der Waals surface area contributed by atoms with Crippen LogP contribution in [0.25, 0.3) is 0 Å². The van der Waals surface area contributed by atoms with Gasteiger partial charge < -0.3 is 10.1 Å². The third kappa shape index (κ3) is 4.59. The van der Waals surface area contributed by atoms with Crippen LogP contribution in [-0.4, -0.2) is 33.5 Å². The predicted octanol–water partition coefficient (Wildman–Crippen LogP) is 4.22. The zero-order valence-corrected chi connectivity index (χ0v) is 19.0. The first-order valence-corrected chi connectivity index (χ1v) is 12.0. The summed E-state index contributed by atoms with van der Waals surface area (Å²) in [4.78, 5) is 13.1. The second-order valence-corrected chi connectivity index (χ2v) is 9.92. The molecule has 0 fully saturated rings. The molecule has 1 amide bonds. The molecule has 1 aliphatic heterocycles. The Balaban J connectivity index is 1.57. The summed E-state index contributed by atoms with van der Waals surface area (Å²) < 4.78 is 33.8. The van der Waals surface area contributed by atoms with E-state index < -0.39 is 16.1 Å². The highest BCUT2D eigenvalue weighted by atomic mass is 35.5. The maximum Gasteiger partial charge on any atom is 0.264 e. The Morgan fingerprint density at radius 1 is 1.09 bits per heavy atom. The van der Waals surface area contributed by atoms with Crippen molar-refractivity contribution in [2.75, 3.05) is 17.4 Å². The number of nitrogens with zero attached hydrogens (tertiary/aromatic N) is 1. The minimum atomic E-state index is -3.92. The lowest BCUT2D eigenvalue weighted by Gasteiger charge is -2.35. The Kier molecular flexibility index (Phi) is 6.39. The fourth-order valence-electron chi connectivity index (χ4n) is 3.58. The van der Waals surface area contributed by atoms with Crippen LogP contribution in [0.3, 0.4) is 0 Å². The minimum Gasteiger partial charge on any atom is -0.476 e. The zero-order valence-electron chi connectivity index (χ0n) is 17.4. The number of hydrogen-bond acceptors (Lipinski definition) is 4. The van der Waals surface area contributed by atoms with Crippen molar-refractivity contribution in [1.29, 1.82) is 0 Å². The third-order valence-corrected chi connectivity index (χ3v) is 7.39. The molecule has 0 saturated carbocycles. The number of fused-ring (bicyclic) bond motifs is 1. The summed E-state index contributed by atoms with van der Waals surface area (Å²) in [5.41, 5.74) is 1.41. The van der Waals surface area contributed by atoms with Gasteiger partial charge in [-0.25, -0.2) is 8.42 Å². The summed E-state index contributed by atoms with van der Waals surface area (Å²) >= 11 is 6.12. The van der Waals surface area contributed by atoms with Crippen molar-refractivity contribution in [3.8, 4) is 5.75 Å². The molecule has 1 N–H and O–H groups in total. The van der Waals surface area contributed by atoms with Gasteiger partial charge in [-0.05, 0) is 41.8 Å². The molecule has 32 heavy (non-hydrogen) atoms. The van der Waals surface area contributed by atoms with Crippen LogP contribution < -0.4 is 14.4 Å². The van der Waals surface area contributed by atoms with E-state index in [2.05, 4.69) is 5.32 Å². The number of hydrogen-bond donors (Lipinski definition) is 1. The van der Waals surface area contributed by atoms with Gasteiger partial charge in [0, 0.05) is 11.6 Å². The van der Waals surface area contributed by atoms with Crippen LogP contribution in [-0.2, 0) is 14.8 Å². The van der Waals surface area contributed by atoms with Crippen LogP contribution in [0.4, 0.5) is 5.69 Å². The molecule has 0 spiro atoms. The second-order valence-electron chi connectivity index (χ2n) is 7.62. The van der Waals surface area contributed by atoms with E-state index in [1.807, 2.05) is 37.3 Å². The number of ether oxygens (including phenoxy) is 1. The van der Waals surface area contributed by atoms with E-state index in [9.17, 15) is 13.2 Å². The zero-order chi connectivity index (χ0) is 22.7. The van der Waals surface area contributed by atoms with E-state index in [0.717, 1.165) is 5.56 Å². The number of nitrogens with one attached hydrogen (secondary N) is 1. The summed E-state index contributed by atoms with van der Waals surface area (Å²) in [6.07, 6.45) is -0.995.